The van der Waals surface area contributed by atoms with Gasteiger partial charge in [-0.2, -0.15) is 15.0 Å². The molecule has 2 rings (SSSR count). The van der Waals surface area contributed by atoms with Gasteiger partial charge in [-0.15, -0.1) is 15.3 Å². The van der Waals surface area contributed by atoms with E-state index in [1.165, 1.54) is 11.0 Å². The van der Waals surface area contributed by atoms with E-state index >= 15 is 0 Å². The van der Waals surface area contributed by atoms with Gasteiger partial charge >= 0.3 is 0 Å². The van der Waals surface area contributed by atoms with Crippen LogP contribution in [0.4, 0.5) is 29.2 Å². The predicted octanol–water partition coefficient (Wildman–Crippen LogP) is -0.111. The summed E-state index contributed by atoms with van der Waals surface area (Å²) in [6.07, 6.45) is 1.73. The third-order valence-corrected chi connectivity index (χ3v) is 3.36. The number of carbonyl (C=O) groups excluding carboxylic acids is 1. The summed E-state index contributed by atoms with van der Waals surface area (Å²) in [5, 5.41) is 30.1. The van der Waals surface area contributed by atoms with E-state index in [4.69, 9.17) is 10.8 Å². The lowest BCUT2D eigenvalue weighted by atomic mass is 10.3. The van der Waals surface area contributed by atoms with Gasteiger partial charge in [-0.25, -0.2) is 0 Å². The summed E-state index contributed by atoms with van der Waals surface area (Å²) in [7, 11) is 3.38. The van der Waals surface area contributed by atoms with Gasteiger partial charge in [0.2, 0.25) is 5.95 Å². The molecule has 2 aromatic heterocycles. The van der Waals surface area contributed by atoms with Crippen molar-refractivity contribution in [3.63, 3.8) is 0 Å². The second kappa shape index (κ2) is 10.1. The fourth-order valence-electron chi connectivity index (χ4n) is 2.01. The molecule has 0 aliphatic carbocycles. The smallest absolute Gasteiger partial charge is 0.287 e. The van der Waals surface area contributed by atoms with E-state index in [0.29, 0.717) is 29.8 Å². The molecule has 13 nitrogen and oxygen atoms in total. The molecule has 0 bridgehead atoms. The highest BCUT2D eigenvalue weighted by Gasteiger charge is 2.13. The van der Waals surface area contributed by atoms with Crippen LogP contribution < -0.4 is 21.7 Å². The lowest BCUT2D eigenvalue weighted by Crippen LogP contribution is -2.15. The zero-order valence-corrected chi connectivity index (χ0v) is 15.2. The second-order valence-electron chi connectivity index (χ2n) is 5.24. The number of nitrogens with zero attached hydrogens (tertiary/aromatic N) is 7. The molecule has 0 saturated carbocycles. The van der Waals surface area contributed by atoms with Crippen LogP contribution in [0.1, 0.15) is 6.42 Å². The maximum absolute atomic E-state index is 11.3. The highest BCUT2D eigenvalue weighted by Crippen LogP contribution is 2.32. The number of nitrogens with one attached hydrogen (secondary N) is 3. The zero-order chi connectivity index (χ0) is 19.6. The van der Waals surface area contributed by atoms with Crippen LogP contribution in [0.25, 0.3) is 0 Å². The molecule has 0 amide bonds. The molecular weight excluding hydrogens is 354 g/mol. The minimum Gasteiger partial charge on any atom is -0.395 e. The molecule has 0 spiro atoms. The first-order valence-electron chi connectivity index (χ1n) is 8.26. The standard InChI is InChI=1S/C14H23N11O2/c1-16-11-10(12(18-4-6-26)21-13(17-2)20-11)22-23-14-19-8-25(24-14)5-3-9(27)7-15/h8,26H,3-7,15H2,1-2H3,(H3,16,17,18,20,21). The van der Waals surface area contributed by atoms with Crippen LogP contribution in [0.5, 0.6) is 0 Å². The third kappa shape index (κ3) is 5.65. The van der Waals surface area contributed by atoms with Crippen molar-refractivity contribution < 1.29 is 9.90 Å². The largest absolute Gasteiger partial charge is 0.395 e. The van der Waals surface area contributed by atoms with Crippen LogP contribution in [0.2, 0.25) is 0 Å². The number of nitrogens with two attached hydrogens (primary N) is 1. The number of hydrogen-bond donors (Lipinski definition) is 5. The first kappa shape index (κ1) is 20.1. The molecule has 0 aromatic carbocycles. The number of azo groups is 1. The SMILES string of the molecule is CNc1nc(NC)c(N=Nc2ncn(CCC(=O)CN)n2)c(NCCO)n1. The van der Waals surface area contributed by atoms with Gasteiger partial charge in [0.05, 0.1) is 13.2 Å². The Morgan fingerprint density at radius 2 is 2.04 bits per heavy atom. The van der Waals surface area contributed by atoms with Crippen molar-refractivity contribution in [3.8, 4) is 0 Å². The van der Waals surface area contributed by atoms with E-state index in [1.807, 2.05) is 0 Å². The monoisotopic (exact) mass is 377 g/mol. The van der Waals surface area contributed by atoms with Gasteiger partial charge in [0.15, 0.2) is 17.3 Å². The van der Waals surface area contributed by atoms with Crippen LogP contribution in [0.3, 0.4) is 0 Å². The molecule has 6 N–H and O–H groups in total. The molecule has 0 unspecified atom stereocenters. The lowest BCUT2D eigenvalue weighted by Gasteiger charge is -2.11. The predicted molar refractivity (Wildman–Crippen MR) is 99.6 cm³/mol. The van der Waals surface area contributed by atoms with E-state index in [2.05, 4.69) is 46.2 Å². The Balaban J connectivity index is 2.22. The minimum absolute atomic E-state index is 0.000284. The molecule has 2 heterocycles. The number of aryl methyl sites for hydroxylation is 1. The van der Waals surface area contributed by atoms with Crippen molar-refractivity contribution in [1.29, 1.82) is 0 Å². The quantitative estimate of drug-likeness (QED) is 0.331. The third-order valence-electron chi connectivity index (χ3n) is 3.36. The number of aliphatic hydroxyl groups is 1. The highest BCUT2D eigenvalue weighted by atomic mass is 16.3. The van der Waals surface area contributed by atoms with Gasteiger partial charge in [0, 0.05) is 33.6 Å². The van der Waals surface area contributed by atoms with Gasteiger partial charge in [-0.3, -0.25) is 9.48 Å². The first-order chi connectivity index (χ1) is 13.1. The number of carbonyl (C=O) groups is 1. The molecule has 27 heavy (non-hydrogen) atoms. The minimum atomic E-state index is -0.0716. The Morgan fingerprint density at radius 3 is 2.70 bits per heavy atom. The van der Waals surface area contributed by atoms with Crippen LogP contribution in [-0.2, 0) is 11.3 Å². The van der Waals surface area contributed by atoms with Crippen molar-refractivity contribution in [2.24, 2.45) is 16.0 Å². The summed E-state index contributed by atoms with van der Waals surface area (Å²) >= 11 is 0. The molecule has 0 fully saturated rings. The van der Waals surface area contributed by atoms with Crippen LogP contribution in [0.15, 0.2) is 16.6 Å². The molecule has 0 aliphatic rings. The Bertz CT molecular complexity index is 789. The molecular formula is C14H23N11O2. The van der Waals surface area contributed by atoms with Gasteiger partial charge < -0.3 is 26.8 Å². The van der Waals surface area contributed by atoms with Crippen LogP contribution in [-0.4, -0.2) is 69.4 Å². The van der Waals surface area contributed by atoms with Crippen molar-refractivity contribution in [1.82, 2.24) is 24.7 Å². The molecule has 13 heteroatoms. The molecule has 2 aromatic rings. The molecule has 0 radical (unpaired) electrons. The number of hydrogen-bond acceptors (Lipinski definition) is 12. The van der Waals surface area contributed by atoms with Gasteiger partial charge in [-0.05, 0) is 0 Å². The lowest BCUT2D eigenvalue weighted by molar-refractivity contribution is -0.118. The number of anilines is 3. The van der Waals surface area contributed by atoms with E-state index in [-0.39, 0.29) is 37.8 Å². The Labute approximate surface area is 155 Å². The van der Waals surface area contributed by atoms with E-state index < -0.39 is 0 Å². The van der Waals surface area contributed by atoms with E-state index in [1.54, 1.807) is 14.1 Å². The average molecular weight is 377 g/mol. The summed E-state index contributed by atoms with van der Waals surface area (Å²) in [6, 6.07) is 0. The maximum atomic E-state index is 11.3. The van der Waals surface area contributed by atoms with Gasteiger partial charge in [0.25, 0.3) is 5.95 Å². The van der Waals surface area contributed by atoms with Crippen molar-refractivity contribution in [3.05, 3.63) is 6.33 Å². The normalized spacial score (nSPS) is 11.0. The Morgan fingerprint density at radius 1 is 1.26 bits per heavy atom. The second-order valence-corrected chi connectivity index (χ2v) is 5.24. The maximum Gasteiger partial charge on any atom is 0.287 e. The molecule has 0 aliphatic heterocycles. The van der Waals surface area contributed by atoms with Crippen LogP contribution >= 0.6 is 0 Å². The first-order valence-corrected chi connectivity index (χ1v) is 8.26. The zero-order valence-electron chi connectivity index (χ0n) is 15.2. The summed E-state index contributed by atoms with van der Waals surface area (Å²) in [6.45, 7) is 0.579. The summed E-state index contributed by atoms with van der Waals surface area (Å²) < 4.78 is 1.49. The number of rotatable bonds is 11. The van der Waals surface area contributed by atoms with Gasteiger partial charge in [0.1, 0.15) is 12.1 Å². The topological polar surface area (TPSA) is 181 Å². The fourth-order valence-corrected chi connectivity index (χ4v) is 2.01. The number of aliphatic hydroxyl groups excluding tert-OH is 1. The van der Waals surface area contributed by atoms with Gasteiger partial charge in [-0.1, -0.05) is 0 Å². The molecule has 0 saturated heterocycles. The van der Waals surface area contributed by atoms with E-state index in [9.17, 15) is 4.79 Å². The number of ketones is 1. The summed E-state index contributed by atoms with van der Waals surface area (Å²) in [5.74, 6) is 1.28. The van der Waals surface area contributed by atoms with Crippen molar-refractivity contribution in [2.75, 3.05) is 49.7 Å². The van der Waals surface area contributed by atoms with Crippen molar-refractivity contribution in [2.45, 2.75) is 13.0 Å². The molecule has 0 atom stereocenters. The highest BCUT2D eigenvalue weighted by molar-refractivity contribution is 5.80. The molecule has 146 valence electrons. The average Bonchev–Trinajstić information content (AvgIpc) is 3.16. The fraction of sp³-hybridized carbons (Fsp3) is 0.500. The van der Waals surface area contributed by atoms with E-state index in [0.717, 1.165) is 0 Å². The number of Topliss-reactive ketones (excluding diaryl/α,β-unsaturated/α-hetero) is 1. The van der Waals surface area contributed by atoms with Crippen LogP contribution in [0, 0.1) is 0 Å². The summed E-state index contributed by atoms with van der Waals surface area (Å²) in [5.41, 5.74) is 5.62. The summed E-state index contributed by atoms with van der Waals surface area (Å²) in [4.78, 5) is 23.8. The Kier molecular flexibility index (Phi) is 7.51. The Hall–Kier alpha value is -3.19. The van der Waals surface area contributed by atoms with Crippen molar-refractivity contribution >= 4 is 35.0 Å². The number of aromatic nitrogens is 5.